The maximum absolute atomic E-state index is 13.5. The lowest BCUT2D eigenvalue weighted by molar-refractivity contribution is -0.143. The van der Waals surface area contributed by atoms with Crippen LogP contribution in [-0.4, -0.2) is 29.1 Å². The smallest absolute Gasteiger partial charge is 0.259 e. The lowest BCUT2D eigenvalue weighted by Gasteiger charge is -2.31. The molecule has 0 radical (unpaired) electrons. The zero-order valence-corrected chi connectivity index (χ0v) is 9.51. The van der Waals surface area contributed by atoms with Gasteiger partial charge in [0.2, 0.25) is 0 Å². The van der Waals surface area contributed by atoms with Crippen LogP contribution < -0.4 is 0 Å². The van der Waals surface area contributed by atoms with Crippen LogP contribution in [0.3, 0.4) is 0 Å². The van der Waals surface area contributed by atoms with E-state index in [1.54, 1.807) is 4.90 Å². The summed E-state index contributed by atoms with van der Waals surface area (Å²) in [6.45, 7) is 7.56. The fourth-order valence-corrected chi connectivity index (χ4v) is 2.08. The quantitative estimate of drug-likeness (QED) is 0.671. The Hall–Kier alpha value is -0.600. The highest BCUT2D eigenvalue weighted by Crippen LogP contribution is 2.27. The van der Waals surface area contributed by atoms with Gasteiger partial charge in [-0.25, -0.2) is 4.39 Å². The van der Waals surface area contributed by atoms with Crippen LogP contribution >= 0.6 is 0 Å². The van der Waals surface area contributed by atoms with Gasteiger partial charge in [0.05, 0.1) is 0 Å². The molecule has 1 saturated heterocycles. The summed E-state index contributed by atoms with van der Waals surface area (Å²) in [5, 5.41) is 0. The van der Waals surface area contributed by atoms with Gasteiger partial charge in [0.25, 0.3) is 5.91 Å². The van der Waals surface area contributed by atoms with E-state index in [-0.39, 0.29) is 11.9 Å². The summed E-state index contributed by atoms with van der Waals surface area (Å²) >= 11 is 0. The summed E-state index contributed by atoms with van der Waals surface area (Å²) < 4.78 is 13.5. The van der Waals surface area contributed by atoms with E-state index >= 15 is 0 Å². The molecule has 0 N–H and O–H groups in total. The number of amides is 1. The zero-order valence-electron chi connectivity index (χ0n) is 9.51. The van der Waals surface area contributed by atoms with Crippen molar-refractivity contribution >= 4 is 5.91 Å². The lowest BCUT2D eigenvalue weighted by atomic mass is 10.0. The molecule has 0 aromatic carbocycles. The Labute approximate surface area is 85.5 Å². The predicted octanol–water partition coefficient (Wildman–Crippen LogP) is 2.38. The molecular formula is C11H20FNO. The third-order valence-electron chi connectivity index (χ3n) is 2.84. The third-order valence-corrected chi connectivity index (χ3v) is 2.84. The van der Waals surface area contributed by atoms with Crippen molar-refractivity contribution in [2.75, 3.05) is 6.54 Å². The highest BCUT2D eigenvalue weighted by Gasteiger charge is 2.38. The molecule has 1 unspecified atom stereocenters. The van der Waals surface area contributed by atoms with Gasteiger partial charge in [-0.3, -0.25) is 4.79 Å². The summed E-state index contributed by atoms with van der Waals surface area (Å²) in [6, 6.07) is 0.234. The van der Waals surface area contributed by atoms with Crippen molar-refractivity contribution in [1.82, 2.24) is 4.90 Å². The van der Waals surface area contributed by atoms with Crippen LogP contribution in [0.4, 0.5) is 4.39 Å². The van der Waals surface area contributed by atoms with Crippen LogP contribution in [0, 0.1) is 5.92 Å². The van der Waals surface area contributed by atoms with Crippen molar-refractivity contribution in [1.29, 1.82) is 0 Å². The van der Waals surface area contributed by atoms with Crippen molar-refractivity contribution in [3.8, 4) is 0 Å². The van der Waals surface area contributed by atoms with E-state index in [1.165, 1.54) is 13.8 Å². The molecular weight excluding hydrogens is 181 g/mol. The number of halogens is 1. The van der Waals surface area contributed by atoms with Gasteiger partial charge in [-0.2, -0.15) is 0 Å². The first kappa shape index (κ1) is 11.5. The van der Waals surface area contributed by atoms with Gasteiger partial charge >= 0.3 is 0 Å². The minimum Gasteiger partial charge on any atom is -0.337 e. The molecule has 1 atom stereocenters. The molecule has 0 bridgehead atoms. The molecule has 0 aromatic rings. The Morgan fingerprint density at radius 2 is 2.07 bits per heavy atom. The van der Waals surface area contributed by atoms with Crippen LogP contribution in [0.1, 0.15) is 40.5 Å². The standard InChI is InChI=1S/C11H20FNO/c1-8(2)9-6-5-7-13(9)10(14)11(3,4)12/h8-9H,5-7H2,1-4H3. The molecule has 3 heteroatoms. The van der Waals surface area contributed by atoms with E-state index in [9.17, 15) is 9.18 Å². The van der Waals surface area contributed by atoms with E-state index in [0.717, 1.165) is 19.4 Å². The molecule has 1 aliphatic rings. The van der Waals surface area contributed by atoms with E-state index in [1.807, 2.05) is 0 Å². The number of hydrogen-bond donors (Lipinski definition) is 0. The first-order valence-electron chi connectivity index (χ1n) is 5.34. The van der Waals surface area contributed by atoms with Crippen molar-refractivity contribution in [2.45, 2.75) is 52.2 Å². The average Bonchev–Trinajstić information content (AvgIpc) is 2.48. The van der Waals surface area contributed by atoms with Crippen LogP contribution in [0.25, 0.3) is 0 Å². The Morgan fingerprint density at radius 3 is 2.50 bits per heavy atom. The SMILES string of the molecule is CC(C)C1CCCN1C(=O)C(C)(C)F. The second-order valence-electron chi connectivity index (χ2n) is 4.92. The zero-order chi connectivity index (χ0) is 10.9. The lowest BCUT2D eigenvalue weighted by Crippen LogP contribution is -2.46. The van der Waals surface area contributed by atoms with Gasteiger partial charge in [-0.1, -0.05) is 13.8 Å². The highest BCUT2D eigenvalue weighted by atomic mass is 19.1. The Morgan fingerprint density at radius 1 is 1.50 bits per heavy atom. The fourth-order valence-electron chi connectivity index (χ4n) is 2.08. The Kier molecular flexibility index (Phi) is 3.17. The third kappa shape index (κ3) is 2.25. The second kappa shape index (κ2) is 3.87. The van der Waals surface area contributed by atoms with E-state index in [0.29, 0.717) is 5.92 Å². The molecule has 2 nitrogen and oxygen atoms in total. The van der Waals surface area contributed by atoms with Gasteiger partial charge in [-0.15, -0.1) is 0 Å². The first-order chi connectivity index (χ1) is 6.34. The average molecular weight is 201 g/mol. The Bertz CT molecular complexity index is 220. The minimum absolute atomic E-state index is 0.234. The van der Waals surface area contributed by atoms with Crippen LogP contribution in [0.15, 0.2) is 0 Å². The molecule has 82 valence electrons. The summed E-state index contributed by atoms with van der Waals surface area (Å²) in [5.74, 6) is 0.0671. The number of likely N-dealkylation sites (tertiary alicyclic amines) is 1. The van der Waals surface area contributed by atoms with Crippen molar-refractivity contribution in [2.24, 2.45) is 5.92 Å². The van der Waals surface area contributed by atoms with Gasteiger partial charge in [0, 0.05) is 12.6 Å². The summed E-state index contributed by atoms with van der Waals surface area (Å²) in [4.78, 5) is 13.4. The number of alkyl halides is 1. The number of carbonyl (C=O) groups is 1. The molecule has 1 amide bonds. The van der Waals surface area contributed by atoms with Gasteiger partial charge < -0.3 is 4.90 Å². The van der Waals surface area contributed by atoms with Crippen molar-refractivity contribution < 1.29 is 9.18 Å². The van der Waals surface area contributed by atoms with E-state index < -0.39 is 5.67 Å². The molecule has 1 fully saturated rings. The number of carbonyl (C=O) groups excluding carboxylic acids is 1. The predicted molar refractivity (Wildman–Crippen MR) is 54.8 cm³/mol. The molecule has 0 saturated carbocycles. The minimum atomic E-state index is -1.72. The molecule has 1 aliphatic heterocycles. The number of nitrogens with zero attached hydrogens (tertiary/aromatic N) is 1. The molecule has 1 rings (SSSR count). The molecule has 0 aliphatic carbocycles. The summed E-state index contributed by atoms with van der Waals surface area (Å²) in [6.07, 6.45) is 2.02. The largest absolute Gasteiger partial charge is 0.337 e. The normalized spacial score (nSPS) is 23.3. The van der Waals surface area contributed by atoms with Crippen molar-refractivity contribution in [3.63, 3.8) is 0 Å². The van der Waals surface area contributed by atoms with Crippen LogP contribution in [-0.2, 0) is 4.79 Å². The fraction of sp³-hybridized carbons (Fsp3) is 0.909. The maximum atomic E-state index is 13.5. The highest BCUT2D eigenvalue weighted by molar-refractivity contribution is 5.84. The topological polar surface area (TPSA) is 20.3 Å². The van der Waals surface area contributed by atoms with Gasteiger partial charge in [0.15, 0.2) is 5.67 Å². The van der Waals surface area contributed by atoms with Gasteiger partial charge in [-0.05, 0) is 32.6 Å². The second-order valence-corrected chi connectivity index (χ2v) is 4.92. The molecule has 1 heterocycles. The van der Waals surface area contributed by atoms with Crippen LogP contribution in [0.5, 0.6) is 0 Å². The molecule has 0 spiro atoms. The molecule has 14 heavy (non-hydrogen) atoms. The maximum Gasteiger partial charge on any atom is 0.259 e. The summed E-state index contributed by atoms with van der Waals surface area (Å²) in [7, 11) is 0. The monoisotopic (exact) mass is 201 g/mol. The van der Waals surface area contributed by atoms with E-state index in [4.69, 9.17) is 0 Å². The van der Waals surface area contributed by atoms with Gasteiger partial charge in [0.1, 0.15) is 0 Å². The van der Waals surface area contributed by atoms with Crippen LogP contribution in [0.2, 0.25) is 0 Å². The van der Waals surface area contributed by atoms with Crippen molar-refractivity contribution in [3.05, 3.63) is 0 Å². The number of rotatable bonds is 2. The Balaban J connectivity index is 2.72. The molecule has 0 aromatic heterocycles. The summed E-state index contributed by atoms with van der Waals surface area (Å²) in [5.41, 5.74) is -1.72. The van der Waals surface area contributed by atoms with E-state index in [2.05, 4.69) is 13.8 Å². The number of hydrogen-bond acceptors (Lipinski definition) is 1. The first-order valence-corrected chi connectivity index (χ1v) is 5.34.